The van der Waals surface area contributed by atoms with Crippen molar-refractivity contribution >= 4 is 23.6 Å². The molecule has 0 aliphatic carbocycles. The summed E-state index contributed by atoms with van der Waals surface area (Å²) in [4.78, 5) is 23.4. The highest BCUT2D eigenvalue weighted by Crippen LogP contribution is 2.31. The molecule has 0 atom stereocenters. The lowest BCUT2D eigenvalue weighted by Gasteiger charge is -2.12. The van der Waals surface area contributed by atoms with E-state index in [4.69, 9.17) is 14.6 Å². The van der Waals surface area contributed by atoms with Crippen molar-refractivity contribution in [1.29, 1.82) is 5.26 Å². The Morgan fingerprint density at radius 2 is 1.78 bits per heavy atom. The second kappa shape index (κ2) is 11.1. The number of benzene rings is 3. The molecule has 0 saturated heterocycles. The lowest BCUT2D eigenvalue weighted by Crippen LogP contribution is -2.14. The number of hydrogen-bond donors (Lipinski definition) is 2. The van der Waals surface area contributed by atoms with Gasteiger partial charge in [0.1, 0.15) is 18.2 Å². The summed E-state index contributed by atoms with van der Waals surface area (Å²) in [6, 6.07) is 16.6. The van der Waals surface area contributed by atoms with Crippen LogP contribution in [0.1, 0.15) is 27.0 Å². The third-order valence-electron chi connectivity index (χ3n) is 4.91. The number of hydrogen-bond acceptors (Lipinski definition) is 5. The van der Waals surface area contributed by atoms with E-state index in [2.05, 4.69) is 5.32 Å². The number of nitrogens with one attached hydrogen (secondary N) is 1. The van der Waals surface area contributed by atoms with Gasteiger partial charge in [0, 0.05) is 5.69 Å². The number of carbonyl (C=O) groups is 2. The maximum Gasteiger partial charge on any atom is 0.416 e. The van der Waals surface area contributed by atoms with Crippen molar-refractivity contribution in [2.24, 2.45) is 0 Å². The Hall–Kier alpha value is -4.78. The van der Waals surface area contributed by atoms with E-state index in [0.29, 0.717) is 17.1 Å². The van der Waals surface area contributed by atoms with Crippen LogP contribution in [0.5, 0.6) is 11.5 Å². The molecule has 0 spiro atoms. The molecule has 3 aromatic carbocycles. The van der Waals surface area contributed by atoms with Crippen molar-refractivity contribution in [3.05, 3.63) is 94.6 Å². The van der Waals surface area contributed by atoms with Gasteiger partial charge in [0.05, 0.1) is 18.2 Å². The number of carboxylic acids is 1. The highest BCUT2D eigenvalue weighted by Gasteiger charge is 2.30. The molecule has 10 heteroatoms. The number of amides is 1. The van der Waals surface area contributed by atoms with E-state index in [1.165, 1.54) is 37.5 Å². The van der Waals surface area contributed by atoms with E-state index in [0.717, 1.165) is 23.8 Å². The summed E-state index contributed by atoms with van der Waals surface area (Å²) < 4.78 is 49.7. The fraction of sp³-hybridized carbons (Fsp3) is 0.115. The summed E-state index contributed by atoms with van der Waals surface area (Å²) in [6.07, 6.45) is -3.31. The van der Waals surface area contributed by atoms with Gasteiger partial charge in [-0.2, -0.15) is 18.4 Å². The molecule has 0 bridgehead atoms. The number of nitrogens with zero attached hydrogens (tertiary/aromatic N) is 1. The lowest BCUT2D eigenvalue weighted by molar-refractivity contribution is -0.137. The number of methoxy groups -OCH3 is 1. The Labute approximate surface area is 204 Å². The monoisotopic (exact) mass is 496 g/mol. The first kappa shape index (κ1) is 25.8. The highest BCUT2D eigenvalue weighted by molar-refractivity contribution is 6.09. The summed E-state index contributed by atoms with van der Waals surface area (Å²) in [5.41, 5.74) is -0.0704. The van der Waals surface area contributed by atoms with Gasteiger partial charge in [-0.3, -0.25) is 4.79 Å². The number of alkyl halides is 3. The molecule has 3 aromatic rings. The standard InChI is InChI=1S/C26H19F3N2O5/c1-35-23-12-17(7-10-22(23)36-15-16-5-8-18(9-6-16)25(33)34)11-19(14-30)24(32)31-21-4-2-3-20(13-21)26(27,28)29/h2-13H,15H2,1H3,(H,31,32)(H,33,34). The van der Waals surface area contributed by atoms with Crippen molar-refractivity contribution in [1.82, 2.24) is 0 Å². The zero-order valence-electron chi connectivity index (χ0n) is 18.8. The second-order valence-corrected chi connectivity index (χ2v) is 7.40. The molecule has 0 heterocycles. The van der Waals surface area contributed by atoms with E-state index >= 15 is 0 Å². The van der Waals surface area contributed by atoms with Gasteiger partial charge in [0.2, 0.25) is 0 Å². The molecule has 1 amide bonds. The van der Waals surface area contributed by atoms with Crippen molar-refractivity contribution in [2.75, 3.05) is 12.4 Å². The van der Waals surface area contributed by atoms with Gasteiger partial charge in [-0.25, -0.2) is 4.79 Å². The SMILES string of the molecule is COc1cc(C=C(C#N)C(=O)Nc2cccc(C(F)(F)F)c2)ccc1OCc1ccc(C(=O)O)cc1. The van der Waals surface area contributed by atoms with Crippen LogP contribution in [-0.4, -0.2) is 24.1 Å². The van der Waals surface area contributed by atoms with E-state index < -0.39 is 23.6 Å². The first-order valence-corrected chi connectivity index (χ1v) is 10.3. The van der Waals surface area contributed by atoms with Crippen LogP contribution in [-0.2, 0) is 17.6 Å². The predicted molar refractivity (Wildman–Crippen MR) is 124 cm³/mol. The molecule has 2 N–H and O–H groups in total. The van der Waals surface area contributed by atoms with Gasteiger partial charge >= 0.3 is 12.1 Å². The minimum atomic E-state index is -4.57. The molecule has 0 radical (unpaired) electrons. The van der Waals surface area contributed by atoms with Crippen molar-refractivity contribution < 1.29 is 37.3 Å². The number of ether oxygens (including phenoxy) is 2. The van der Waals surface area contributed by atoms with E-state index in [1.807, 2.05) is 0 Å². The molecule has 0 aliphatic heterocycles. The van der Waals surface area contributed by atoms with E-state index in [1.54, 1.807) is 30.3 Å². The molecular weight excluding hydrogens is 477 g/mol. The lowest BCUT2D eigenvalue weighted by atomic mass is 10.1. The maximum absolute atomic E-state index is 12.9. The Balaban J connectivity index is 1.74. The van der Waals surface area contributed by atoms with Crippen LogP contribution in [0, 0.1) is 11.3 Å². The van der Waals surface area contributed by atoms with E-state index in [-0.39, 0.29) is 23.4 Å². The molecule has 0 fully saturated rings. The van der Waals surface area contributed by atoms with Crippen LogP contribution in [0.4, 0.5) is 18.9 Å². The van der Waals surface area contributed by atoms with Gasteiger partial charge in [0.25, 0.3) is 5.91 Å². The number of carboxylic acid groups (broad SMARTS) is 1. The molecule has 7 nitrogen and oxygen atoms in total. The quantitative estimate of drug-likeness (QED) is 0.313. The average Bonchev–Trinajstić information content (AvgIpc) is 2.86. The fourth-order valence-electron chi connectivity index (χ4n) is 3.08. The van der Waals surface area contributed by atoms with Crippen LogP contribution in [0.2, 0.25) is 0 Å². The largest absolute Gasteiger partial charge is 0.493 e. The van der Waals surface area contributed by atoms with Crippen molar-refractivity contribution in [3.63, 3.8) is 0 Å². The number of aromatic carboxylic acids is 1. The van der Waals surface area contributed by atoms with Crippen LogP contribution in [0.15, 0.2) is 72.3 Å². The van der Waals surface area contributed by atoms with Crippen LogP contribution in [0.25, 0.3) is 6.08 Å². The fourth-order valence-corrected chi connectivity index (χ4v) is 3.08. The second-order valence-electron chi connectivity index (χ2n) is 7.40. The molecule has 0 aromatic heterocycles. The summed E-state index contributed by atoms with van der Waals surface area (Å²) in [6.45, 7) is 0.133. The van der Waals surface area contributed by atoms with Gasteiger partial charge in [0.15, 0.2) is 11.5 Å². The Morgan fingerprint density at radius 1 is 1.06 bits per heavy atom. The maximum atomic E-state index is 12.9. The summed E-state index contributed by atoms with van der Waals surface area (Å²) >= 11 is 0. The third kappa shape index (κ3) is 6.64. The first-order chi connectivity index (χ1) is 17.1. The summed E-state index contributed by atoms with van der Waals surface area (Å²) in [5.74, 6) is -1.24. The number of rotatable bonds is 8. The first-order valence-electron chi connectivity index (χ1n) is 10.3. The van der Waals surface area contributed by atoms with E-state index in [9.17, 15) is 28.0 Å². The van der Waals surface area contributed by atoms with Gasteiger partial charge < -0.3 is 19.9 Å². The Morgan fingerprint density at radius 3 is 2.39 bits per heavy atom. The van der Waals surface area contributed by atoms with Gasteiger partial charge in [-0.15, -0.1) is 0 Å². The zero-order valence-corrected chi connectivity index (χ0v) is 18.8. The van der Waals surface area contributed by atoms with Gasteiger partial charge in [-0.1, -0.05) is 24.3 Å². The number of halogens is 3. The minimum Gasteiger partial charge on any atom is -0.493 e. The molecule has 184 valence electrons. The average molecular weight is 496 g/mol. The zero-order chi connectivity index (χ0) is 26.3. The topological polar surface area (TPSA) is 109 Å². The van der Waals surface area contributed by atoms with Crippen LogP contribution < -0.4 is 14.8 Å². The Kier molecular flexibility index (Phi) is 7.96. The predicted octanol–water partition coefficient (Wildman–Crippen LogP) is 5.54. The summed E-state index contributed by atoms with van der Waals surface area (Å²) in [7, 11) is 1.41. The Bertz CT molecular complexity index is 1340. The van der Waals surface area contributed by atoms with Crippen LogP contribution >= 0.6 is 0 Å². The molecule has 36 heavy (non-hydrogen) atoms. The highest BCUT2D eigenvalue weighted by atomic mass is 19.4. The molecule has 0 unspecified atom stereocenters. The van der Waals surface area contributed by atoms with Crippen molar-refractivity contribution in [3.8, 4) is 17.6 Å². The molecule has 0 saturated carbocycles. The number of carbonyl (C=O) groups excluding carboxylic acids is 1. The molecule has 3 rings (SSSR count). The normalized spacial score (nSPS) is 11.4. The smallest absolute Gasteiger partial charge is 0.416 e. The summed E-state index contributed by atoms with van der Waals surface area (Å²) in [5, 5.41) is 20.7. The number of nitriles is 1. The van der Waals surface area contributed by atoms with Gasteiger partial charge in [-0.05, 0) is 59.7 Å². The molecule has 0 aliphatic rings. The van der Waals surface area contributed by atoms with Crippen molar-refractivity contribution in [2.45, 2.75) is 12.8 Å². The number of anilines is 1. The third-order valence-corrected chi connectivity index (χ3v) is 4.91. The van der Waals surface area contributed by atoms with Crippen LogP contribution in [0.3, 0.4) is 0 Å². The minimum absolute atomic E-state index is 0.103. The molecular formula is C26H19F3N2O5.